The second kappa shape index (κ2) is 5.95. The van der Waals surface area contributed by atoms with Crippen molar-refractivity contribution in [3.63, 3.8) is 0 Å². The van der Waals surface area contributed by atoms with Gasteiger partial charge in [-0.05, 0) is 41.8 Å². The summed E-state index contributed by atoms with van der Waals surface area (Å²) in [5, 5.41) is 2.38. The molecule has 1 aromatic rings. The molecule has 0 aliphatic heterocycles. The van der Waals surface area contributed by atoms with Gasteiger partial charge in [0.25, 0.3) is 0 Å². The molecule has 0 heterocycles. The third-order valence-corrected chi connectivity index (χ3v) is 5.40. The van der Waals surface area contributed by atoms with Crippen molar-refractivity contribution in [2.24, 2.45) is 0 Å². The monoisotopic (exact) mass is 368 g/mol. The van der Waals surface area contributed by atoms with Gasteiger partial charge in [-0.25, -0.2) is 17.2 Å². The van der Waals surface area contributed by atoms with Crippen LogP contribution >= 0.6 is 15.9 Å². The van der Waals surface area contributed by atoms with Crippen LogP contribution in [-0.4, -0.2) is 26.3 Å². The molecule has 1 fully saturated rings. The van der Waals surface area contributed by atoms with Gasteiger partial charge < -0.3 is 5.32 Å². The Morgan fingerprint density at radius 3 is 2.60 bits per heavy atom. The first kappa shape index (κ1) is 15.7. The normalized spacial score (nSPS) is 17.0. The molecule has 1 unspecified atom stereocenters. The fraction of sp³-hybridized carbons (Fsp3) is 0.500. The van der Waals surface area contributed by atoms with Crippen molar-refractivity contribution < 1.29 is 17.2 Å². The maximum atomic E-state index is 13.5. The molecule has 1 aliphatic carbocycles. The number of sulfonamides is 1. The SMILES string of the molecule is CC(CNC1CC1)S(=O)(=O)Nc1cc(Br)c(F)cc1F. The Balaban J connectivity index is 2.08. The largest absolute Gasteiger partial charge is 0.313 e. The number of benzene rings is 1. The van der Waals surface area contributed by atoms with Crippen molar-refractivity contribution >= 4 is 31.6 Å². The Morgan fingerprint density at radius 1 is 1.35 bits per heavy atom. The molecule has 0 amide bonds. The van der Waals surface area contributed by atoms with Gasteiger partial charge in [0.05, 0.1) is 15.4 Å². The lowest BCUT2D eigenvalue weighted by molar-refractivity contribution is 0.570. The van der Waals surface area contributed by atoms with Crippen LogP contribution in [0.15, 0.2) is 16.6 Å². The van der Waals surface area contributed by atoms with Gasteiger partial charge in [-0.2, -0.15) is 0 Å². The lowest BCUT2D eigenvalue weighted by Crippen LogP contribution is -2.35. The molecule has 4 nitrogen and oxygen atoms in total. The molecule has 1 aliphatic rings. The van der Waals surface area contributed by atoms with E-state index < -0.39 is 26.9 Å². The topological polar surface area (TPSA) is 58.2 Å². The van der Waals surface area contributed by atoms with Crippen molar-refractivity contribution in [1.29, 1.82) is 0 Å². The standard InChI is InChI=1S/C12H15BrF2N2O2S/c1-7(6-16-8-2-3-8)20(18,19)17-12-4-9(13)10(14)5-11(12)15/h4-5,7-8,16-17H,2-3,6H2,1H3. The molecule has 2 rings (SSSR count). The van der Waals surface area contributed by atoms with E-state index in [4.69, 9.17) is 0 Å². The predicted molar refractivity (Wildman–Crippen MR) is 77.1 cm³/mol. The minimum absolute atomic E-state index is 0.000332. The van der Waals surface area contributed by atoms with Crippen molar-refractivity contribution in [3.8, 4) is 0 Å². The van der Waals surface area contributed by atoms with Gasteiger partial charge in [0.15, 0.2) is 0 Å². The van der Waals surface area contributed by atoms with Gasteiger partial charge in [0.2, 0.25) is 10.0 Å². The van der Waals surface area contributed by atoms with Crippen LogP contribution in [0.3, 0.4) is 0 Å². The first-order valence-corrected chi connectivity index (χ1v) is 8.53. The lowest BCUT2D eigenvalue weighted by Gasteiger charge is -2.16. The molecule has 112 valence electrons. The van der Waals surface area contributed by atoms with E-state index in [0.717, 1.165) is 18.9 Å². The van der Waals surface area contributed by atoms with E-state index >= 15 is 0 Å². The quantitative estimate of drug-likeness (QED) is 0.758. The Bertz CT molecular complexity index is 606. The molecule has 0 bridgehead atoms. The molecule has 1 atom stereocenters. The molecular formula is C12H15BrF2N2O2S. The highest BCUT2D eigenvalue weighted by molar-refractivity contribution is 9.10. The van der Waals surface area contributed by atoms with E-state index in [1.807, 2.05) is 0 Å². The van der Waals surface area contributed by atoms with E-state index in [-0.39, 0.29) is 10.2 Å². The summed E-state index contributed by atoms with van der Waals surface area (Å²) in [6.07, 6.45) is 2.11. The zero-order chi connectivity index (χ0) is 14.9. The van der Waals surface area contributed by atoms with Crippen LogP contribution in [0, 0.1) is 11.6 Å². The van der Waals surface area contributed by atoms with Gasteiger partial charge in [-0.15, -0.1) is 0 Å². The van der Waals surface area contributed by atoms with E-state index in [2.05, 4.69) is 26.0 Å². The smallest absolute Gasteiger partial charge is 0.236 e. The van der Waals surface area contributed by atoms with E-state index in [0.29, 0.717) is 18.7 Å². The minimum atomic E-state index is -3.73. The first-order valence-electron chi connectivity index (χ1n) is 6.19. The van der Waals surface area contributed by atoms with Crippen LogP contribution in [-0.2, 0) is 10.0 Å². The molecule has 0 aromatic heterocycles. The van der Waals surface area contributed by atoms with Crippen LogP contribution in [0.4, 0.5) is 14.5 Å². The van der Waals surface area contributed by atoms with E-state index in [1.165, 1.54) is 6.92 Å². The van der Waals surface area contributed by atoms with E-state index in [1.54, 1.807) is 0 Å². The fourth-order valence-electron chi connectivity index (χ4n) is 1.58. The Hall–Kier alpha value is -0.730. The molecule has 0 radical (unpaired) electrons. The van der Waals surface area contributed by atoms with Crippen LogP contribution in [0.25, 0.3) is 0 Å². The summed E-state index contributed by atoms with van der Waals surface area (Å²) in [6, 6.07) is 2.10. The number of nitrogens with one attached hydrogen (secondary N) is 2. The number of hydrogen-bond donors (Lipinski definition) is 2. The van der Waals surface area contributed by atoms with Gasteiger partial charge >= 0.3 is 0 Å². The van der Waals surface area contributed by atoms with Gasteiger partial charge in [-0.3, -0.25) is 4.72 Å². The molecule has 2 N–H and O–H groups in total. The number of anilines is 1. The zero-order valence-corrected chi connectivity index (χ0v) is 13.2. The summed E-state index contributed by atoms with van der Waals surface area (Å²) >= 11 is 2.89. The molecule has 1 aromatic carbocycles. The van der Waals surface area contributed by atoms with Crippen molar-refractivity contribution in [1.82, 2.24) is 5.32 Å². The minimum Gasteiger partial charge on any atom is -0.313 e. The highest BCUT2D eigenvalue weighted by Gasteiger charge is 2.26. The molecule has 0 saturated heterocycles. The molecule has 1 saturated carbocycles. The van der Waals surface area contributed by atoms with Gasteiger partial charge in [0, 0.05) is 18.7 Å². The molecule has 8 heteroatoms. The predicted octanol–water partition coefficient (Wildman–Crippen LogP) is 2.61. The maximum Gasteiger partial charge on any atom is 0.236 e. The van der Waals surface area contributed by atoms with Crippen LogP contribution < -0.4 is 10.0 Å². The second-order valence-corrected chi connectivity index (χ2v) is 7.84. The van der Waals surface area contributed by atoms with Crippen molar-refractivity contribution in [2.75, 3.05) is 11.3 Å². The van der Waals surface area contributed by atoms with Crippen molar-refractivity contribution in [3.05, 3.63) is 28.2 Å². The summed E-state index contributed by atoms with van der Waals surface area (Å²) in [7, 11) is -3.73. The fourth-order valence-corrected chi connectivity index (χ4v) is 2.91. The lowest BCUT2D eigenvalue weighted by atomic mass is 10.3. The number of rotatable bonds is 6. The average Bonchev–Trinajstić information content (AvgIpc) is 3.16. The highest BCUT2D eigenvalue weighted by Crippen LogP contribution is 2.25. The van der Waals surface area contributed by atoms with Gasteiger partial charge in [-0.1, -0.05) is 0 Å². The Morgan fingerprint density at radius 2 is 2.00 bits per heavy atom. The molecule has 20 heavy (non-hydrogen) atoms. The summed E-state index contributed by atoms with van der Waals surface area (Å²) in [6.45, 7) is 1.83. The van der Waals surface area contributed by atoms with Crippen molar-refractivity contribution in [2.45, 2.75) is 31.1 Å². The Kier molecular flexibility index (Phi) is 4.66. The summed E-state index contributed by atoms with van der Waals surface area (Å²) in [4.78, 5) is 0. The maximum absolute atomic E-state index is 13.5. The molecular weight excluding hydrogens is 354 g/mol. The Labute approximate surface area is 125 Å². The van der Waals surface area contributed by atoms with E-state index in [9.17, 15) is 17.2 Å². The molecule has 0 spiro atoms. The number of halogens is 3. The first-order chi connectivity index (χ1) is 9.29. The zero-order valence-electron chi connectivity index (χ0n) is 10.8. The number of hydrogen-bond acceptors (Lipinski definition) is 3. The van der Waals surface area contributed by atoms with Crippen LogP contribution in [0.2, 0.25) is 0 Å². The average molecular weight is 369 g/mol. The second-order valence-electron chi connectivity index (χ2n) is 4.89. The van der Waals surface area contributed by atoms with Gasteiger partial charge in [0.1, 0.15) is 11.6 Å². The third kappa shape index (κ3) is 3.89. The third-order valence-electron chi connectivity index (χ3n) is 3.06. The van der Waals surface area contributed by atoms with Crippen LogP contribution in [0.5, 0.6) is 0 Å². The highest BCUT2D eigenvalue weighted by atomic mass is 79.9. The summed E-state index contributed by atoms with van der Waals surface area (Å²) < 4.78 is 52.9. The summed E-state index contributed by atoms with van der Waals surface area (Å²) in [5.74, 6) is -1.73. The summed E-state index contributed by atoms with van der Waals surface area (Å²) in [5.41, 5.74) is -0.267. The van der Waals surface area contributed by atoms with Crippen LogP contribution in [0.1, 0.15) is 19.8 Å².